The van der Waals surface area contributed by atoms with E-state index in [0.29, 0.717) is 19.3 Å². The summed E-state index contributed by atoms with van der Waals surface area (Å²) in [5, 5.41) is 0. The van der Waals surface area contributed by atoms with Crippen molar-refractivity contribution in [2.24, 2.45) is 4.99 Å². The summed E-state index contributed by atoms with van der Waals surface area (Å²) in [5.74, 6) is 0.841. The average molecular weight is 373 g/mol. The Hall–Kier alpha value is -2.71. The van der Waals surface area contributed by atoms with E-state index in [2.05, 4.69) is 22.0 Å². The fourth-order valence-electron chi connectivity index (χ4n) is 2.92. The molecule has 1 amide bonds. The number of aliphatic imine (C=N–C) groups is 1. The van der Waals surface area contributed by atoms with Gasteiger partial charge in [0.1, 0.15) is 0 Å². The molecule has 0 fully saturated rings. The lowest BCUT2D eigenvalue weighted by atomic mass is 10.1. The van der Waals surface area contributed by atoms with E-state index in [4.69, 9.17) is 4.55 Å². The number of para-hydroxylation sites is 1. The first kappa shape index (κ1) is 18.1. The molecule has 0 radical (unpaired) electrons. The van der Waals surface area contributed by atoms with Gasteiger partial charge in [-0.3, -0.25) is 19.2 Å². The molecule has 7 nitrogen and oxygen atoms in total. The van der Waals surface area contributed by atoms with E-state index in [9.17, 15) is 13.2 Å². The molecule has 136 valence electrons. The van der Waals surface area contributed by atoms with Gasteiger partial charge in [0.05, 0.1) is 30.6 Å². The van der Waals surface area contributed by atoms with E-state index in [-0.39, 0.29) is 5.91 Å². The minimum absolute atomic E-state index is 0.0613. The zero-order valence-corrected chi connectivity index (χ0v) is 15.1. The zero-order valence-electron chi connectivity index (χ0n) is 14.2. The number of nitrogens with zero attached hydrogens (tertiary/aromatic N) is 3. The van der Waals surface area contributed by atoms with E-state index in [1.54, 1.807) is 4.90 Å². The van der Waals surface area contributed by atoms with Crippen LogP contribution in [-0.2, 0) is 16.7 Å². The topological polar surface area (TPSA) is 90.3 Å². The third kappa shape index (κ3) is 4.09. The number of carbonyl (C=O) groups excluding carboxylic acids is 1. The van der Waals surface area contributed by atoms with E-state index < -0.39 is 10.1 Å². The van der Waals surface area contributed by atoms with E-state index >= 15 is 0 Å². The Morgan fingerprint density at radius 1 is 1.08 bits per heavy atom. The molecule has 8 heteroatoms. The lowest BCUT2D eigenvalue weighted by Gasteiger charge is -2.36. The van der Waals surface area contributed by atoms with E-state index in [1.165, 1.54) is 5.56 Å². The van der Waals surface area contributed by atoms with Crippen molar-refractivity contribution < 1.29 is 17.8 Å². The lowest BCUT2D eigenvalue weighted by Crippen LogP contribution is -2.49. The Morgan fingerprint density at radius 3 is 2.38 bits per heavy atom. The monoisotopic (exact) mass is 373 g/mol. The Kier molecular flexibility index (Phi) is 5.06. The van der Waals surface area contributed by atoms with Crippen LogP contribution >= 0.6 is 0 Å². The predicted molar refractivity (Wildman–Crippen MR) is 99.9 cm³/mol. The molecule has 1 N–H and O–H groups in total. The minimum Gasteiger partial charge on any atom is -0.307 e. The van der Waals surface area contributed by atoms with Gasteiger partial charge < -0.3 is 4.90 Å². The molecule has 2 aliphatic heterocycles. The summed E-state index contributed by atoms with van der Waals surface area (Å²) in [6.07, 6.45) is 0.715. The predicted octanol–water partition coefficient (Wildman–Crippen LogP) is 2.02. The van der Waals surface area contributed by atoms with Crippen LogP contribution in [0.5, 0.6) is 0 Å². The molecule has 0 spiro atoms. The van der Waals surface area contributed by atoms with Crippen LogP contribution in [-0.4, -0.2) is 49.1 Å². The van der Waals surface area contributed by atoms with E-state index in [0.717, 1.165) is 23.8 Å². The van der Waals surface area contributed by atoms with Gasteiger partial charge in [0.25, 0.3) is 16.0 Å². The van der Waals surface area contributed by atoms with Crippen LogP contribution in [0.25, 0.3) is 0 Å². The number of amides is 1. The molecule has 2 aromatic rings. The second-order valence-corrected chi connectivity index (χ2v) is 7.43. The maximum atomic E-state index is 12.5. The molecular formula is C18H19N3O4S. The highest BCUT2D eigenvalue weighted by Gasteiger charge is 2.36. The summed E-state index contributed by atoms with van der Waals surface area (Å²) in [6, 6.07) is 18.0. The van der Waals surface area contributed by atoms with Crippen LogP contribution in [0.15, 0.2) is 59.6 Å². The normalized spacial score (nSPS) is 15.6. The Labute approximate surface area is 152 Å². The quantitative estimate of drug-likeness (QED) is 0.814. The Morgan fingerprint density at radius 2 is 1.69 bits per heavy atom. The smallest absolute Gasteiger partial charge is 0.262 e. The van der Waals surface area contributed by atoms with Crippen molar-refractivity contribution in [1.82, 2.24) is 4.90 Å². The molecule has 0 atom stereocenters. The van der Waals surface area contributed by atoms with E-state index in [1.807, 2.05) is 42.5 Å². The van der Waals surface area contributed by atoms with Crippen molar-refractivity contribution in [2.75, 3.05) is 24.2 Å². The van der Waals surface area contributed by atoms with Gasteiger partial charge in [0, 0.05) is 6.54 Å². The van der Waals surface area contributed by atoms with Crippen molar-refractivity contribution in [3.05, 3.63) is 65.7 Å². The Balaban J connectivity index is 0.000000349. The van der Waals surface area contributed by atoms with Gasteiger partial charge in [0.2, 0.25) is 5.96 Å². The first-order chi connectivity index (χ1) is 12.3. The second kappa shape index (κ2) is 7.27. The molecule has 0 saturated carbocycles. The van der Waals surface area contributed by atoms with Gasteiger partial charge >= 0.3 is 0 Å². The largest absolute Gasteiger partial charge is 0.307 e. The summed E-state index contributed by atoms with van der Waals surface area (Å²) in [6.45, 7) is 2.08. The molecule has 0 bridgehead atoms. The first-order valence-corrected chi connectivity index (χ1v) is 9.88. The van der Waals surface area contributed by atoms with Crippen molar-refractivity contribution in [2.45, 2.75) is 6.54 Å². The minimum atomic E-state index is -3.67. The zero-order chi connectivity index (χ0) is 18.7. The van der Waals surface area contributed by atoms with Crippen LogP contribution in [0.1, 0.15) is 15.9 Å². The molecule has 2 aliphatic rings. The molecule has 0 unspecified atom stereocenters. The van der Waals surface area contributed by atoms with Gasteiger partial charge in [0.15, 0.2) is 0 Å². The maximum Gasteiger partial charge on any atom is 0.262 e. The van der Waals surface area contributed by atoms with Crippen molar-refractivity contribution in [3.63, 3.8) is 0 Å². The molecule has 4 rings (SSSR count). The van der Waals surface area contributed by atoms with Crippen molar-refractivity contribution in [3.8, 4) is 0 Å². The number of hydrogen-bond acceptors (Lipinski definition) is 5. The summed E-state index contributed by atoms with van der Waals surface area (Å²) in [7, 11) is -3.67. The third-order valence-corrected chi connectivity index (χ3v) is 3.91. The highest BCUT2D eigenvalue weighted by atomic mass is 32.2. The fourth-order valence-corrected chi connectivity index (χ4v) is 2.92. The number of benzene rings is 2. The molecule has 26 heavy (non-hydrogen) atoms. The van der Waals surface area contributed by atoms with Crippen LogP contribution in [0.2, 0.25) is 0 Å². The highest BCUT2D eigenvalue weighted by molar-refractivity contribution is 7.85. The van der Waals surface area contributed by atoms with Crippen LogP contribution in [0.3, 0.4) is 0 Å². The molecular weight excluding hydrogens is 354 g/mol. The molecule has 2 heterocycles. The van der Waals surface area contributed by atoms with Crippen molar-refractivity contribution >= 4 is 27.7 Å². The summed E-state index contributed by atoms with van der Waals surface area (Å²) >= 11 is 0. The SMILES string of the molecule is CS(=O)(=O)O.O=C1c2ccccc2N(Cc2ccccc2)C2=NCCN12. The van der Waals surface area contributed by atoms with Gasteiger partial charge in [-0.1, -0.05) is 42.5 Å². The third-order valence-electron chi connectivity index (χ3n) is 3.91. The molecule has 0 saturated heterocycles. The number of hydrogen-bond donors (Lipinski definition) is 1. The molecule has 0 aromatic heterocycles. The number of carbonyl (C=O) groups is 1. The molecule has 2 aromatic carbocycles. The van der Waals surface area contributed by atoms with Gasteiger partial charge in [-0.2, -0.15) is 8.42 Å². The number of anilines is 1. The molecule has 0 aliphatic carbocycles. The highest BCUT2D eigenvalue weighted by Crippen LogP contribution is 2.31. The van der Waals surface area contributed by atoms with Crippen LogP contribution in [0, 0.1) is 0 Å². The first-order valence-electron chi connectivity index (χ1n) is 8.04. The van der Waals surface area contributed by atoms with Gasteiger partial charge in [-0.25, -0.2) is 0 Å². The number of guanidine groups is 1. The van der Waals surface area contributed by atoms with Gasteiger partial charge in [-0.15, -0.1) is 0 Å². The van der Waals surface area contributed by atoms with Gasteiger partial charge in [-0.05, 0) is 17.7 Å². The summed E-state index contributed by atoms with van der Waals surface area (Å²) in [4.78, 5) is 21.0. The standard InChI is InChI=1S/C17H15N3O.CH4O3S/c21-16-14-8-4-5-9-15(14)20(17-18-10-11-19(16)17)12-13-6-2-1-3-7-13;1-5(2,3)4/h1-9H,10-12H2;1H3,(H,2,3,4). The summed E-state index contributed by atoms with van der Waals surface area (Å²) < 4.78 is 25.9. The lowest BCUT2D eigenvalue weighted by molar-refractivity contribution is 0.0851. The van der Waals surface area contributed by atoms with Crippen LogP contribution < -0.4 is 4.90 Å². The average Bonchev–Trinajstić information content (AvgIpc) is 3.08. The summed E-state index contributed by atoms with van der Waals surface area (Å²) in [5.41, 5.74) is 2.91. The van der Waals surface area contributed by atoms with Crippen LogP contribution in [0.4, 0.5) is 5.69 Å². The van der Waals surface area contributed by atoms with Crippen molar-refractivity contribution in [1.29, 1.82) is 0 Å². The second-order valence-electron chi connectivity index (χ2n) is 5.96. The fraction of sp³-hybridized carbons (Fsp3) is 0.222. The maximum absolute atomic E-state index is 12.5. The Bertz CT molecular complexity index is 934. The number of fused-ring (bicyclic) bond motifs is 2. The number of rotatable bonds is 2.